The summed E-state index contributed by atoms with van der Waals surface area (Å²) < 4.78 is 38.0. The molecule has 0 saturated carbocycles. The normalized spacial score (nSPS) is 11.8. The van der Waals surface area contributed by atoms with Gasteiger partial charge in [0.1, 0.15) is 5.82 Å². The zero-order chi connectivity index (χ0) is 15.0. The minimum Gasteiger partial charge on any atom is -0.306 e. The molecule has 0 aliphatic heterocycles. The third-order valence-electron chi connectivity index (χ3n) is 3.08. The van der Waals surface area contributed by atoms with Crippen molar-refractivity contribution < 1.29 is 13.2 Å². The number of aromatic amines is 1. The first-order valence-corrected chi connectivity index (χ1v) is 6.12. The maximum atomic E-state index is 12.7. The van der Waals surface area contributed by atoms with E-state index in [1.54, 1.807) is 24.3 Å². The number of nitrogens with zero attached hydrogens (tertiary/aromatic N) is 1. The Morgan fingerprint density at radius 3 is 2.38 bits per heavy atom. The van der Waals surface area contributed by atoms with Crippen LogP contribution in [0.4, 0.5) is 13.2 Å². The molecule has 1 heterocycles. The van der Waals surface area contributed by atoms with Crippen molar-refractivity contribution in [2.75, 3.05) is 0 Å². The zero-order valence-electron chi connectivity index (χ0n) is 10.6. The summed E-state index contributed by atoms with van der Waals surface area (Å²) in [5, 5.41) is -0.0792. The van der Waals surface area contributed by atoms with E-state index in [1.165, 1.54) is 6.07 Å². The van der Waals surface area contributed by atoms with Crippen molar-refractivity contribution in [3.05, 3.63) is 64.4 Å². The van der Waals surface area contributed by atoms with Crippen LogP contribution in [-0.2, 0) is 6.18 Å². The lowest BCUT2D eigenvalue weighted by atomic mass is 10.1. The molecule has 0 aliphatic rings. The minimum atomic E-state index is -4.49. The summed E-state index contributed by atoms with van der Waals surface area (Å²) in [5.41, 5.74) is -0.540. The fourth-order valence-electron chi connectivity index (χ4n) is 2.05. The molecular formula is C15H9F3N2O. The molecule has 1 aromatic heterocycles. The number of H-pyrrole nitrogens is 1. The molecule has 0 saturated heterocycles. The highest BCUT2D eigenvalue weighted by Crippen LogP contribution is 2.30. The highest BCUT2D eigenvalue weighted by atomic mass is 19.4. The molecule has 0 fully saturated rings. The van der Waals surface area contributed by atoms with Crippen LogP contribution in [0.2, 0.25) is 0 Å². The number of hydrogen-bond donors (Lipinski definition) is 1. The zero-order valence-corrected chi connectivity index (χ0v) is 10.6. The van der Waals surface area contributed by atoms with Gasteiger partial charge >= 0.3 is 6.18 Å². The van der Waals surface area contributed by atoms with Gasteiger partial charge in [0, 0.05) is 5.56 Å². The SMILES string of the molecule is O=c1[nH]c(-c2ccccc2)nc2ccc(C(F)(F)F)cc12. The summed E-state index contributed by atoms with van der Waals surface area (Å²) in [5.74, 6) is 0.327. The number of benzene rings is 2. The van der Waals surface area contributed by atoms with Gasteiger partial charge in [0.15, 0.2) is 0 Å². The van der Waals surface area contributed by atoms with E-state index in [1.807, 2.05) is 6.07 Å². The van der Waals surface area contributed by atoms with Crippen molar-refractivity contribution in [3.63, 3.8) is 0 Å². The van der Waals surface area contributed by atoms with Gasteiger partial charge in [-0.1, -0.05) is 30.3 Å². The van der Waals surface area contributed by atoms with Crippen molar-refractivity contribution in [3.8, 4) is 11.4 Å². The van der Waals surface area contributed by atoms with E-state index in [4.69, 9.17) is 0 Å². The van der Waals surface area contributed by atoms with Gasteiger partial charge < -0.3 is 4.98 Å². The molecule has 2 aromatic carbocycles. The Morgan fingerprint density at radius 2 is 1.71 bits per heavy atom. The summed E-state index contributed by atoms with van der Waals surface area (Å²) in [6.45, 7) is 0. The predicted octanol–water partition coefficient (Wildman–Crippen LogP) is 3.61. The predicted molar refractivity (Wildman–Crippen MR) is 72.8 cm³/mol. The summed E-state index contributed by atoms with van der Waals surface area (Å²) in [4.78, 5) is 18.7. The fourth-order valence-corrected chi connectivity index (χ4v) is 2.05. The maximum Gasteiger partial charge on any atom is 0.416 e. The molecule has 0 atom stereocenters. The Bertz CT molecular complexity index is 854. The summed E-state index contributed by atoms with van der Waals surface area (Å²) >= 11 is 0. The first-order valence-electron chi connectivity index (χ1n) is 6.12. The quantitative estimate of drug-likeness (QED) is 0.744. The molecule has 3 nitrogen and oxygen atoms in total. The van der Waals surface area contributed by atoms with Crippen LogP contribution in [0.1, 0.15) is 5.56 Å². The number of halogens is 3. The Labute approximate surface area is 117 Å². The number of alkyl halides is 3. The minimum absolute atomic E-state index is 0.0792. The van der Waals surface area contributed by atoms with Gasteiger partial charge in [-0.25, -0.2) is 4.98 Å². The van der Waals surface area contributed by atoms with Crippen LogP contribution in [0.25, 0.3) is 22.3 Å². The van der Waals surface area contributed by atoms with Crippen molar-refractivity contribution in [1.82, 2.24) is 9.97 Å². The Balaban J connectivity index is 2.21. The van der Waals surface area contributed by atoms with E-state index in [0.29, 0.717) is 11.4 Å². The Hall–Kier alpha value is -2.63. The third kappa shape index (κ3) is 2.52. The van der Waals surface area contributed by atoms with Gasteiger partial charge in [0.05, 0.1) is 16.5 Å². The smallest absolute Gasteiger partial charge is 0.306 e. The number of rotatable bonds is 1. The molecule has 21 heavy (non-hydrogen) atoms. The van der Waals surface area contributed by atoms with Gasteiger partial charge in [-0.2, -0.15) is 13.2 Å². The van der Waals surface area contributed by atoms with Crippen molar-refractivity contribution in [2.24, 2.45) is 0 Å². The lowest BCUT2D eigenvalue weighted by molar-refractivity contribution is -0.137. The molecule has 106 valence electrons. The highest BCUT2D eigenvalue weighted by Gasteiger charge is 2.30. The van der Waals surface area contributed by atoms with Gasteiger partial charge in [-0.15, -0.1) is 0 Å². The number of fused-ring (bicyclic) bond motifs is 1. The lowest BCUT2D eigenvalue weighted by Gasteiger charge is -2.08. The molecule has 1 N–H and O–H groups in total. The first kappa shape index (κ1) is 13.4. The third-order valence-corrected chi connectivity index (χ3v) is 3.08. The van der Waals surface area contributed by atoms with E-state index < -0.39 is 17.3 Å². The van der Waals surface area contributed by atoms with Gasteiger partial charge in [-0.3, -0.25) is 4.79 Å². The second-order valence-electron chi connectivity index (χ2n) is 4.51. The fraction of sp³-hybridized carbons (Fsp3) is 0.0667. The average molecular weight is 290 g/mol. The Morgan fingerprint density at radius 1 is 1.00 bits per heavy atom. The molecular weight excluding hydrogens is 281 g/mol. The van der Waals surface area contributed by atoms with E-state index in [0.717, 1.165) is 12.1 Å². The summed E-state index contributed by atoms with van der Waals surface area (Å²) in [6, 6.07) is 11.8. The number of hydrogen-bond acceptors (Lipinski definition) is 2. The molecule has 3 rings (SSSR count). The molecule has 0 bridgehead atoms. The molecule has 0 spiro atoms. The van der Waals surface area contributed by atoms with Crippen molar-refractivity contribution >= 4 is 10.9 Å². The van der Waals surface area contributed by atoms with E-state index in [9.17, 15) is 18.0 Å². The van der Waals surface area contributed by atoms with Crippen LogP contribution in [-0.4, -0.2) is 9.97 Å². The van der Waals surface area contributed by atoms with Gasteiger partial charge in [0.2, 0.25) is 0 Å². The number of nitrogens with one attached hydrogen (secondary N) is 1. The van der Waals surface area contributed by atoms with Crippen molar-refractivity contribution in [1.29, 1.82) is 0 Å². The van der Waals surface area contributed by atoms with E-state index in [2.05, 4.69) is 9.97 Å². The van der Waals surface area contributed by atoms with Gasteiger partial charge in [0.25, 0.3) is 5.56 Å². The number of aromatic nitrogens is 2. The summed E-state index contributed by atoms with van der Waals surface area (Å²) in [7, 11) is 0. The molecule has 0 amide bonds. The molecule has 0 unspecified atom stereocenters. The maximum absolute atomic E-state index is 12.7. The highest BCUT2D eigenvalue weighted by molar-refractivity contribution is 5.80. The monoisotopic (exact) mass is 290 g/mol. The van der Waals surface area contributed by atoms with E-state index in [-0.39, 0.29) is 10.9 Å². The van der Waals surface area contributed by atoms with Gasteiger partial charge in [-0.05, 0) is 18.2 Å². The standard InChI is InChI=1S/C15H9F3N2O/c16-15(17,18)10-6-7-12-11(8-10)14(21)20-13(19-12)9-4-2-1-3-5-9/h1-8H,(H,19,20,21). The molecule has 6 heteroatoms. The molecule has 3 aromatic rings. The molecule has 0 aliphatic carbocycles. The van der Waals surface area contributed by atoms with Crippen LogP contribution in [0, 0.1) is 0 Å². The second-order valence-corrected chi connectivity index (χ2v) is 4.51. The van der Waals surface area contributed by atoms with Crippen LogP contribution >= 0.6 is 0 Å². The lowest BCUT2D eigenvalue weighted by Crippen LogP contribution is -2.12. The topological polar surface area (TPSA) is 45.8 Å². The molecule has 0 radical (unpaired) electrons. The largest absolute Gasteiger partial charge is 0.416 e. The summed E-state index contributed by atoms with van der Waals surface area (Å²) in [6.07, 6.45) is -4.49. The van der Waals surface area contributed by atoms with E-state index >= 15 is 0 Å². The Kier molecular flexibility index (Phi) is 3.01. The average Bonchev–Trinajstić information content (AvgIpc) is 2.47. The van der Waals surface area contributed by atoms with Crippen LogP contribution < -0.4 is 5.56 Å². The first-order chi connectivity index (χ1) is 9.95. The van der Waals surface area contributed by atoms with Crippen LogP contribution in [0.15, 0.2) is 53.3 Å². The second kappa shape index (κ2) is 4.73. The van der Waals surface area contributed by atoms with Crippen LogP contribution in [0.5, 0.6) is 0 Å². The van der Waals surface area contributed by atoms with Crippen LogP contribution in [0.3, 0.4) is 0 Å². The van der Waals surface area contributed by atoms with Crippen molar-refractivity contribution in [2.45, 2.75) is 6.18 Å².